The summed E-state index contributed by atoms with van der Waals surface area (Å²) in [5, 5.41) is 6.21. The first-order valence-corrected chi connectivity index (χ1v) is 11.1. The zero-order chi connectivity index (χ0) is 21.3. The monoisotopic (exact) mass is 437 g/mol. The van der Waals surface area contributed by atoms with Crippen LogP contribution in [0.2, 0.25) is 5.02 Å². The third-order valence-corrected chi connectivity index (χ3v) is 5.84. The van der Waals surface area contributed by atoms with Gasteiger partial charge in [-0.15, -0.1) is 11.8 Å². The van der Waals surface area contributed by atoms with E-state index in [1.54, 1.807) is 11.6 Å². The van der Waals surface area contributed by atoms with Gasteiger partial charge in [0.05, 0.1) is 17.7 Å². The minimum atomic E-state index is -0.388. The van der Waals surface area contributed by atoms with Crippen LogP contribution in [0.4, 0.5) is 0 Å². The highest BCUT2D eigenvalue weighted by Gasteiger charge is 2.27. The molecule has 0 aliphatic carbocycles. The van der Waals surface area contributed by atoms with Gasteiger partial charge in [-0.05, 0) is 25.3 Å². The molecule has 2 heterocycles. The van der Waals surface area contributed by atoms with Crippen LogP contribution in [0.3, 0.4) is 0 Å². The van der Waals surface area contributed by atoms with Gasteiger partial charge in [0, 0.05) is 28.1 Å². The van der Waals surface area contributed by atoms with Crippen molar-refractivity contribution in [3.63, 3.8) is 0 Å². The van der Waals surface area contributed by atoms with Crippen LogP contribution < -0.4 is 0 Å². The number of carbonyl (C=O) groups excluding carboxylic acids is 1. The number of hydrogen-bond acceptors (Lipinski definition) is 5. The van der Waals surface area contributed by atoms with E-state index in [4.69, 9.17) is 26.4 Å². The summed E-state index contributed by atoms with van der Waals surface area (Å²) in [6.45, 7) is 2.09. The lowest BCUT2D eigenvalue weighted by Crippen LogP contribution is -2.10. The Balaban J connectivity index is 2.09. The van der Waals surface area contributed by atoms with Crippen molar-refractivity contribution in [1.82, 2.24) is 14.8 Å². The Labute approximate surface area is 184 Å². The number of nitrogens with zero attached hydrogens (tertiary/aromatic N) is 3. The molecule has 0 saturated heterocycles. The summed E-state index contributed by atoms with van der Waals surface area (Å²) in [5.41, 5.74) is 4.28. The molecule has 152 valence electrons. The van der Waals surface area contributed by atoms with Crippen molar-refractivity contribution in [2.45, 2.75) is 11.8 Å². The van der Waals surface area contributed by atoms with E-state index in [1.165, 1.54) is 11.8 Å². The quantitative estimate of drug-likeness (QED) is 0.289. The number of rotatable bonds is 5. The molecule has 5 nitrogen and oxygen atoms in total. The van der Waals surface area contributed by atoms with E-state index in [0.29, 0.717) is 21.9 Å². The average Bonchev–Trinajstić information content (AvgIpc) is 3.10. The van der Waals surface area contributed by atoms with E-state index in [9.17, 15) is 4.79 Å². The fourth-order valence-corrected chi connectivity index (χ4v) is 4.36. The van der Waals surface area contributed by atoms with Gasteiger partial charge in [0.15, 0.2) is 5.65 Å². The molecule has 0 bridgehead atoms. The number of carbonyl (C=O) groups is 1. The van der Waals surface area contributed by atoms with Gasteiger partial charge >= 0.3 is 5.97 Å². The number of halogens is 1. The Bertz CT molecular complexity index is 1220. The number of aromatic nitrogens is 3. The van der Waals surface area contributed by atoms with Gasteiger partial charge in [-0.3, -0.25) is 0 Å². The summed E-state index contributed by atoms with van der Waals surface area (Å²) in [7, 11) is 1.86. The summed E-state index contributed by atoms with van der Waals surface area (Å²) in [6.07, 6.45) is 1.95. The first-order chi connectivity index (χ1) is 14.5. The van der Waals surface area contributed by atoms with Crippen LogP contribution in [0.25, 0.3) is 33.5 Å². The molecule has 4 rings (SSSR count). The topological polar surface area (TPSA) is 57.0 Å². The first-order valence-electron chi connectivity index (χ1n) is 9.48. The number of ether oxygens (including phenoxy) is 1. The van der Waals surface area contributed by atoms with E-state index in [-0.39, 0.29) is 12.6 Å². The number of benzene rings is 2. The van der Waals surface area contributed by atoms with Crippen LogP contribution in [0, 0.1) is 0 Å². The smallest absolute Gasteiger partial charge is 0.341 e. The second kappa shape index (κ2) is 8.50. The average molecular weight is 438 g/mol. The summed E-state index contributed by atoms with van der Waals surface area (Å²) in [4.78, 5) is 18.7. The van der Waals surface area contributed by atoms with E-state index in [2.05, 4.69) is 0 Å². The van der Waals surface area contributed by atoms with Gasteiger partial charge in [-0.25, -0.2) is 14.5 Å². The number of aryl methyl sites for hydroxylation is 1. The Hall–Kier alpha value is -2.83. The van der Waals surface area contributed by atoms with Crippen LogP contribution in [0.15, 0.2) is 59.5 Å². The molecule has 0 N–H and O–H groups in total. The maximum Gasteiger partial charge on any atom is 0.341 e. The van der Waals surface area contributed by atoms with Crippen LogP contribution in [0.1, 0.15) is 17.3 Å². The van der Waals surface area contributed by atoms with Gasteiger partial charge in [0.2, 0.25) is 0 Å². The summed E-state index contributed by atoms with van der Waals surface area (Å²) >= 11 is 7.56. The Morgan fingerprint density at radius 2 is 1.73 bits per heavy atom. The van der Waals surface area contributed by atoms with Gasteiger partial charge in [-0.2, -0.15) is 5.10 Å². The van der Waals surface area contributed by atoms with Gasteiger partial charge < -0.3 is 4.74 Å². The molecule has 0 radical (unpaired) electrons. The SMILES string of the molecule is CCOC(=O)c1c(-c2ccccc2)nc2c(c(-c3ccc(Cl)cc3)nn2C)c1SC. The molecular formula is C23H20ClN3O2S. The van der Waals surface area contributed by atoms with Crippen molar-refractivity contribution in [1.29, 1.82) is 0 Å². The predicted molar refractivity (Wildman–Crippen MR) is 122 cm³/mol. The predicted octanol–water partition coefficient (Wildman–Crippen LogP) is 5.85. The fraction of sp³-hybridized carbons (Fsp3) is 0.174. The van der Waals surface area contributed by atoms with Crippen LogP contribution in [-0.2, 0) is 11.8 Å². The molecule has 0 unspecified atom stereocenters. The van der Waals surface area contributed by atoms with Crippen molar-refractivity contribution < 1.29 is 9.53 Å². The maximum atomic E-state index is 13.0. The number of pyridine rings is 1. The summed E-state index contributed by atoms with van der Waals surface area (Å²) in [6, 6.07) is 17.2. The fourth-order valence-electron chi connectivity index (χ4n) is 3.46. The molecule has 0 spiro atoms. The van der Waals surface area contributed by atoms with Gasteiger partial charge in [-0.1, -0.05) is 54.1 Å². The van der Waals surface area contributed by atoms with E-state index in [0.717, 1.165) is 27.1 Å². The molecule has 7 heteroatoms. The van der Waals surface area contributed by atoms with Crippen LogP contribution >= 0.6 is 23.4 Å². The molecule has 0 aliphatic heterocycles. The van der Waals surface area contributed by atoms with E-state index >= 15 is 0 Å². The second-order valence-electron chi connectivity index (χ2n) is 6.63. The lowest BCUT2D eigenvalue weighted by atomic mass is 10.0. The summed E-state index contributed by atoms with van der Waals surface area (Å²) < 4.78 is 7.16. The number of thioether (sulfide) groups is 1. The highest BCUT2D eigenvalue weighted by atomic mass is 35.5. The molecular weight excluding hydrogens is 418 g/mol. The molecule has 0 aliphatic rings. The molecule has 0 saturated carbocycles. The van der Waals surface area contributed by atoms with E-state index < -0.39 is 0 Å². The standard InChI is InChI=1S/C23H20ClN3O2S/c1-4-29-23(28)18-19(14-8-6-5-7-9-14)25-22-17(21(18)30-3)20(26-27(22)2)15-10-12-16(24)13-11-15/h5-13H,4H2,1-3H3. The first kappa shape index (κ1) is 20.4. The van der Waals surface area contributed by atoms with Gasteiger partial charge in [0.1, 0.15) is 11.3 Å². The maximum absolute atomic E-state index is 13.0. The third-order valence-electron chi connectivity index (χ3n) is 4.77. The minimum Gasteiger partial charge on any atom is -0.462 e. The Morgan fingerprint density at radius 3 is 2.37 bits per heavy atom. The van der Waals surface area contributed by atoms with Crippen LogP contribution in [0.5, 0.6) is 0 Å². The van der Waals surface area contributed by atoms with Crippen molar-refractivity contribution in [2.75, 3.05) is 12.9 Å². The van der Waals surface area contributed by atoms with Gasteiger partial charge in [0.25, 0.3) is 0 Å². The molecule has 2 aromatic heterocycles. The van der Waals surface area contributed by atoms with E-state index in [1.807, 2.05) is 67.9 Å². The second-order valence-corrected chi connectivity index (χ2v) is 7.89. The Morgan fingerprint density at radius 1 is 1.07 bits per heavy atom. The largest absolute Gasteiger partial charge is 0.462 e. The minimum absolute atomic E-state index is 0.288. The molecule has 30 heavy (non-hydrogen) atoms. The van der Waals surface area contributed by atoms with Crippen LogP contribution in [-0.4, -0.2) is 33.6 Å². The van der Waals surface area contributed by atoms with Crippen molar-refractivity contribution >= 4 is 40.4 Å². The Kier molecular flexibility index (Phi) is 5.79. The molecule has 0 atom stereocenters. The third kappa shape index (κ3) is 3.57. The lowest BCUT2D eigenvalue weighted by molar-refractivity contribution is 0.0523. The molecule has 0 fully saturated rings. The molecule has 4 aromatic rings. The highest BCUT2D eigenvalue weighted by Crippen LogP contribution is 2.40. The number of esters is 1. The highest BCUT2D eigenvalue weighted by molar-refractivity contribution is 7.99. The lowest BCUT2D eigenvalue weighted by Gasteiger charge is -2.14. The zero-order valence-electron chi connectivity index (χ0n) is 16.8. The molecule has 2 aromatic carbocycles. The van der Waals surface area contributed by atoms with Crippen molar-refractivity contribution in [3.05, 3.63) is 65.2 Å². The summed E-state index contributed by atoms with van der Waals surface area (Å²) in [5.74, 6) is -0.388. The number of hydrogen-bond donors (Lipinski definition) is 0. The number of fused-ring (bicyclic) bond motifs is 1. The normalized spacial score (nSPS) is 11.1. The van der Waals surface area contributed by atoms with Crippen molar-refractivity contribution in [2.24, 2.45) is 7.05 Å². The van der Waals surface area contributed by atoms with Crippen molar-refractivity contribution in [3.8, 4) is 22.5 Å². The zero-order valence-corrected chi connectivity index (χ0v) is 18.4. The molecule has 0 amide bonds.